The maximum Gasteiger partial charge on any atom is 0.336 e. The topological polar surface area (TPSA) is 73.9 Å². The van der Waals surface area contributed by atoms with E-state index in [-0.39, 0.29) is 5.78 Å². The summed E-state index contributed by atoms with van der Waals surface area (Å²) in [5, 5.41) is 3.30. The van der Waals surface area contributed by atoms with Crippen molar-refractivity contribution in [2.75, 3.05) is 13.7 Å². The summed E-state index contributed by atoms with van der Waals surface area (Å²) in [4.78, 5) is 26.6. The van der Waals surface area contributed by atoms with Gasteiger partial charge >= 0.3 is 5.97 Å². The third kappa shape index (κ3) is 4.64. The molecule has 6 nitrogen and oxygen atoms in total. The number of fused-ring (bicyclic) bond motifs is 2. The zero-order chi connectivity index (χ0) is 26.1. The highest BCUT2D eigenvalue weighted by atomic mass is 127. The smallest absolute Gasteiger partial charge is 0.336 e. The Morgan fingerprint density at radius 3 is 2.41 bits per heavy atom. The lowest BCUT2D eigenvalue weighted by molar-refractivity contribution is -0.136. The number of esters is 1. The van der Waals surface area contributed by atoms with Gasteiger partial charge in [0.05, 0.1) is 25.0 Å². The molecule has 0 unspecified atom stereocenters. The Morgan fingerprint density at radius 1 is 0.973 bits per heavy atom. The van der Waals surface area contributed by atoms with Gasteiger partial charge in [-0.05, 0) is 71.8 Å². The van der Waals surface area contributed by atoms with Gasteiger partial charge in [0.25, 0.3) is 0 Å². The molecule has 0 radical (unpaired) electrons. The monoisotopic (exact) mass is 607 g/mol. The van der Waals surface area contributed by atoms with Crippen molar-refractivity contribution in [3.05, 3.63) is 109 Å². The molecule has 0 aromatic heterocycles. The highest BCUT2D eigenvalue weighted by Crippen LogP contribution is 2.48. The number of carbonyl (C=O) groups excluding carboxylic acids is 2. The Morgan fingerprint density at radius 2 is 1.70 bits per heavy atom. The number of halogens is 1. The number of allylic oxidation sites excluding steroid dienone is 2. The molecular weight excluding hydrogens is 581 g/mol. The normalized spacial score (nSPS) is 16.2. The zero-order valence-electron chi connectivity index (χ0n) is 20.8. The lowest BCUT2D eigenvalue weighted by atomic mass is 9.79. The minimum atomic E-state index is -0.618. The molecule has 37 heavy (non-hydrogen) atoms. The Balaban J connectivity index is 1.57. The summed E-state index contributed by atoms with van der Waals surface area (Å²) < 4.78 is 18.4. The zero-order valence-corrected chi connectivity index (χ0v) is 22.9. The predicted octanol–water partition coefficient (Wildman–Crippen LogP) is 6.01. The van der Waals surface area contributed by atoms with Crippen LogP contribution in [0, 0.1) is 3.57 Å². The molecule has 0 saturated carbocycles. The van der Waals surface area contributed by atoms with Gasteiger partial charge in [0.2, 0.25) is 0 Å². The molecule has 188 valence electrons. The number of ether oxygens (including phenoxy) is 3. The first-order chi connectivity index (χ1) is 17.9. The number of dihydropyridines is 1. The van der Waals surface area contributed by atoms with Crippen LogP contribution in [0.4, 0.5) is 0 Å². The van der Waals surface area contributed by atoms with Crippen LogP contribution in [0.15, 0.2) is 83.6 Å². The summed E-state index contributed by atoms with van der Waals surface area (Å²) in [5.74, 6) is -0.0611. The van der Waals surface area contributed by atoms with Crippen LogP contribution in [0.25, 0.3) is 5.70 Å². The molecule has 0 fully saturated rings. The van der Waals surface area contributed by atoms with Crippen molar-refractivity contribution in [1.29, 1.82) is 0 Å². The van der Waals surface area contributed by atoms with E-state index in [1.165, 1.54) is 7.11 Å². The Hall–Kier alpha value is -3.59. The van der Waals surface area contributed by atoms with E-state index >= 15 is 0 Å². The third-order valence-corrected chi connectivity index (χ3v) is 7.28. The van der Waals surface area contributed by atoms with Crippen LogP contribution in [0.5, 0.6) is 11.5 Å². The van der Waals surface area contributed by atoms with Gasteiger partial charge in [-0.3, -0.25) is 4.79 Å². The maximum atomic E-state index is 13.6. The molecule has 7 heteroatoms. The fourth-order valence-electron chi connectivity index (χ4n) is 4.88. The van der Waals surface area contributed by atoms with Crippen molar-refractivity contribution < 1.29 is 23.8 Å². The molecule has 1 N–H and O–H groups in total. The van der Waals surface area contributed by atoms with Crippen LogP contribution < -0.4 is 14.8 Å². The quantitative estimate of drug-likeness (QED) is 0.262. The first kappa shape index (κ1) is 25.1. The van der Waals surface area contributed by atoms with Gasteiger partial charge in [0.15, 0.2) is 17.3 Å². The summed E-state index contributed by atoms with van der Waals surface area (Å²) in [6.07, 6.45) is 0. The first-order valence-electron chi connectivity index (χ1n) is 12.0. The van der Waals surface area contributed by atoms with Gasteiger partial charge in [-0.15, -0.1) is 0 Å². The molecule has 3 aromatic rings. The van der Waals surface area contributed by atoms with Crippen LogP contribution in [0.1, 0.15) is 46.8 Å². The SMILES string of the molecule is CCOc1cc([C@H]2C(C(=O)OC)=C(C)NC3=C2C(=O)c2ccccc23)ccc1OCc1ccc(I)cc1. The molecule has 0 spiro atoms. The molecule has 1 aliphatic carbocycles. The summed E-state index contributed by atoms with van der Waals surface area (Å²) in [6, 6.07) is 21.2. The molecule has 0 saturated heterocycles. The molecule has 2 aliphatic rings. The molecule has 5 rings (SSSR count). The van der Waals surface area contributed by atoms with Gasteiger partial charge < -0.3 is 19.5 Å². The highest BCUT2D eigenvalue weighted by molar-refractivity contribution is 14.1. The van der Waals surface area contributed by atoms with Crippen molar-refractivity contribution in [2.45, 2.75) is 26.4 Å². The summed E-state index contributed by atoms with van der Waals surface area (Å²) in [5.41, 5.74) is 5.55. The molecule has 0 amide bonds. The van der Waals surface area contributed by atoms with Crippen molar-refractivity contribution in [1.82, 2.24) is 5.32 Å². The predicted molar refractivity (Wildman–Crippen MR) is 149 cm³/mol. The fraction of sp³-hybridized carbons (Fsp3) is 0.200. The number of Topliss-reactive ketones (excluding diaryl/α,β-unsaturated/α-hetero) is 1. The maximum absolute atomic E-state index is 13.6. The van der Waals surface area contributed by atoms with Crippen molar-refractivity contribution >= 4 is 40.0 Å². The van der Waals surface area contributed by atoms with E-state index in [9.17, 15) is 9.59 Å². The highest BCUT2D eigenvalue weighted by Gasteiger charge is 2.43. The number of hydrogen-bond donors (Lipinski definition) is 1. The number of carbonyl (C=O) groups is 2. The second-order valence-corrected chi connectivity index (χ2v) is 10.1. The number of hydrogen-bond acceptors (Lipinski definition) is 6. The van der Waals surface area contributed by atoms with E-state index in [0.717, 1.165) is 26.0 Å². The van der Waals surface area contributed by atoms with E-state index in [2.05, 4.69) is 27.9 Å². The lowest BCUT2D eigenvalue weighted by Gasteiger charge is -2.29. The minimum Gasteiger partial charge on any atom is -0.490 e. The van der Waals surface area contributed by atoms with Gasteiger partial charge in [0, 0.05) is 31.9 Å². The fourth-order valence-corrected chi connectivity index (χ4v) is 5.24. The summed E-state index contributed by atoms with van der Waals surface area (Å²) in [7, 11) is 1.35. The Bertz CT molecular complexity index is 1460. The second-order valence-electron chi connectivity index (χ2n) is 8.81. The Labute approximate surface area is 229 Å². The van der Waals surface area contributed by atoms with Gasteiger partial charge in [-0.25, -0.2) is 4.79 Å². The van der Waals surface area contributed by atoms with Gasteiger partial charge in [0.1, 0.15) is 6.61 Å². The summed E-state index contributed by atoms with van der Waals surface area (Å²) >= 11 is 2.27. The number of nitrogens with one attached hydrogen (secondary N) is 1. The largest absolute Gasteiger partial charge is 0.490 e. The first-order valence-corrected chi connectivity index (χ1v) is 13.1. The molecule has 3 aromatic carbocycles. The second kappa shape index (κ2) is 10.4. The van der Waals surface area contributed by atoms with E-state index in [1.807, 2.05) is 80.6 Å². The summed E-state index contributed by atoms with van der Waals surface area (Å²) in [6.45, 7) is 4.56. The third-order valence-electron chi connectivity index (χ3n) is 6.56. The molecular formula is C30H26INO5. The van der Waals surface area contributed by atoms with E-state index in [4.69, 9.17) is 14.2 Å². The average Bonchev–Trinajstić information content (AvgIpc) is 3.19. The van der Waals surface area contributed by atoms with Crippen LogP contribution in [-0.4, -0.2) is 25.5 Å². The van der Waals surface area contributed by atoms with Crippen molar-refractivity contribution in [2.24, 2.45) is 0 Å². The molecule has 1 atom stereocenters. The number of rotatable bonds is 7. The van der Waals surface area contributed by atoms with Crippen LogP contribution >= 0.6 is 22.6 Å². The van der Waals surface area contributed by atoms with Gasteiger partial charge in [-0.1, -0.05) is 42.5 Å². The van der Waals surface area contributed by atoms with Crippen molar-refractivity contribution in [3.63, 3.8) is 0 Å². The molecule has 0 bridgehead atoms. The van der Waals surface area contributed by atoms with E-state index in [1.54, 1.807) is 0 Å². The minimum absolute atomic E-state index is 0.103. The lowest BCUT2D eigenvalue weighted by Crippen LogP contribution is -2.29. The standard InChI is InChI=1S/C30H26INO5/c1-4-36-24-15-19(11-14-23(24)37-16-18-9-12-20(31)13-10-18)26-25(30(34)35-3)17(2)32-28-21-7-5-6-8-22(21)29(33)27(26)28/h5-15,26,32H,4,16H2,1-3H3/t26-/m0/s1. The average molecular weight is 607 g/mol. The van der Waals surface area contributed by atoms with Crippen molar-refractivity contribution in [3.8, 4) is 11.5 Å². The van der Waals surface area contributed by atoms with E-state index < -0.39 is 11.9 Å². The van der Waals surface area contributed by atoms with Crippen LogP contribution in [0.3, 0.4) is 0 Å². The number of benzene rings is 3. The van der Waals surface area contributed by atoms with Crippen LogP contribution in [0.2, 0.25) is 0 Å². The number of ketones is 1. The molecule has 1 heterocycles. The molecule has 1 aliphatic heterocycles. The Kier molecular flexibility index (Phi) is 7.06. The van der Waals surface area contributed by atoms with Crippen LogP contribution in [-0.2, 0) is 16.1 Å². The van der Waals surface area contributed by atoms with Gasteiger partial charge in [-0.2, -0.15) is 0 Å². The number of methoxy groups -OCH3 is 1. The van der Waals surface area contributed by atoms with E-state index in [0.29, 0.717) is 47.1 Å².